The van der Waals surface area contributed by atoms with Gasteiger partial charge in [-0.2, -0.15) is 0 Å². The van der Waals surface area contributed by atoms with E-state index >= 15 is 0 Å². The molecule has 1 rings (SSSR count). The average Bonchev–Trinajstić information content (AvgIpc) is 2.17. The predicted molar refractivity (Wildman–Crippen MR) is 57.9 cm³/mol. The van der Waals surface area contributed by atoms with E-state index in [1.54, 1.807) is 6.07 Å². The zero-order chi connectivity index (χ0) is 10.6. The van der Waals surface area contributed by atoms with Gasteiger partial charge in [-0.1, -0.05) is 19.1 Å². The molecule has 0 unspecified atom stereocenters. The Morgan fingerprint density at radius 2 is 2.14 bits per heavy atom. The highest BCUT2D eigenvalue weighted by molar-refractivity contribution is 5.54. The van der Waals surface area contributed by atoms with E-state index in [1.807, 2.05) is 18.0 Å². The molecular weight excluding hydrogens is 179 g/mol. The van der Waals surface area contributed by atoms with E-state index in [2.05, 4.69) is 6.92 Å². The smallest absolute Gasteiger partial charge is 0.146 e. The Balaban J connectivity index is 3.03. The van der Waals surface area contributed by atoms with E-state index in [0.29, 0.717) is 12.2 Å². The third-order valence-corrected chi connectivity index (χ3v) is 2.23. The van der Waals surface area contributed by atoms with E-state index in [0.717, 1.165) is 18.5 Å². The van der Waals surface area contributed by atoms with Gasteiger partial charge in [-0.15, -0.1) is 0 Å². The van der Waals surface area contributed by atoms with Crippen molar-refractivity contribution in [3.05, 3.63) is 29.6 Å². The van der Waals surface area contributed by atoms with Gasteiger partial charge in [-0.3, -0.25) is 0 Å². The first-order chi connectivity index (χ1) is 6.70. The van der Waals surface area contributed by atoms with Crippen LogP contribution in [0.5, 0.6) is 0 Å². The van der Waals surface area contributed by atoms with Crippen molar-refractivity contribution in [3.63, 3.8) is 0 Å². The zero-order valence-electron chi connectivity index (χ0n) is 8.76. The van der Waals surface area contributed by atoms with Crippen molar-refractivity contribution >= 4 is 5.69 Å². The number of benzene rings is 1. The summed E-state index contributed by atoms with van der Waals surface area (Å²) >= 11 is 0. The maximum atomic E-state index is 13.5. The van der Waals surface area contributed by atoms with Crippen molar-refractivity contribution in [1.29, 1.82) is 0 Å². The average molecular weight is 196 g/mol. The number of hydrogen-bond acceptors (Lipinski definition) is 2. The molecule has 0 aromatic heterocycles. The predicted octanol–water partition coefficient (Wildman–Crippen LogP) is 2.13. The largest absolute Gasteiger partial charge is 0.372 e. The van der Waals surface area contributed by atoms with Crippen LogP contribution >= 0.6 is 0 Å². The van der Waals surface area contributed by atoms with Gasteiger partial charge in [0.2, 0.25) is 0 Å². The van der Waals surface area contributed by atoms with Crippen LogP contribution in [0.3, 0.4) is 0 Å². The first-order valence-corrected chi connectivity index (χ1v) is 4.89. The second-order valence-electron chi connectivity index (χ2n) is 3.37. The molecule has 2 N–H and O–H groups in total. The molecule has 0 heterocycles. The van der Waals surface area contributed by atoms with Crippen LogP contribution in [0.15, 0.2) is 18.2 Å². The maximum absolute atomic E-state index is 13.5. The van der Waals surface area contributed by atoms with Crippen LogP contribution in [0.1, 0.15) is 18.9 Å². The standard InChI is InChI=1S/C11H17FN2/c1-3-7-14(2)11-9(8-13)5-4-6-10(11)12/h4-6H,3,7-8,13H2,1-2H3. The summed E-state index contributed by atoms with van der Waals surface area (Å²) in [5.41, 5.74) is 7.06. The molecule has 78 valence electrons. The Labute approximate surface area is 84.5 Å². The van der Waals surface area contributed by atoms with Crippen LogP contribution in [0, 0.1) is 5.82 Å². The van der Waals surface area contributed by atoms with E-state index in [9.17, 15) is 4.39 Å². The van der Waals surface area contributed by atoms with Gasteiger partial charge in [-0.05, 0) is 18.1 Å². The topological polar surface area (TPSA) is 29.3 Å². The lowest BCUT2D eigenvalue weighted by atomic mass is 10.1. The van der Waals surface area contributed by atoms with E-state index in [-0.39, 0.29) is 5.82 Å². The molecule has 0 saturated heterocycles. The van der Waals surface area contributed by atoms with Crippen molar-refractivity contribution < 1.29 is 4.39 Å². The van der Waals surface area contributed by atoms with Gasteiger partial charge in [0.15, 0.2) is 0 Å². The first kappa shape index (κ1) is 11.0. The minimum absolute atomic E-state index is 0.191. The molecule has 0 spiro atoms. The molecule has 2 nitrogen and oxygen atoms in total. The monoisotopic (exact) mass is 196 g/mol. The molecule has 0 aliphatic heterocycles. The fourth-order valence-corrected chi connectivity index (χ4v) is 1.60. The highest BCUT2D eigenvalue weighted by Crippen LogP contribution is 2.23. The van der Waals surface area contributed by atoms with Gasteiger partial charge in [0.05, 0.1) is 5.69 Å². The highest BCUT2D eigenvalue weighted by Gasteiger charge is 2.10. The molecule has 1 aromatic rings. The lowest BCUT2D eigenvalue weighted by molar-refractivity contribution is 0.619. The number of anilines is 1. The molecular formula is C11H17FN2. The molecule has 14 heavy (non-hydrogen) atoms. The number of nitrogens with two attached hydrogens (primary N) is 1. The Bertz CT molecular complexity index is 299. The third-order valence-electron chi connectivity index (χ3n) is 2.23. The molecule has 3 heteroatoms. The van der Waals surface area contributed by atoms with Gasteiger partial charge >= 0.3 is 0 Å². The van der Waals surface area contributed by atoms with E-state index in [4.69, 9.17) is 5.73 Å². The van der Waals surface area contributed by atoms with E-state index < -0.39 is 0 Å². The summed E-state index contributed by atoms with van der Waals surface area (Å²) in [5, 5.41) is 0. The van der Waals surface area contributed by atoms with Crippen molar-refractivity contribution in [2.75, 3.05) is 18.5 Å². The summed E-state index contributed by atoms with van der Waals surface area (Å²) in [7, 11) is 1.89. The summed E-state index contributed by atoms with van der Waals surface area (Å²) < 4.78 is 13.5. The minimum Gasteiger partial charge on any atom is -0.372 e. The summed E-state index contributed by atoms with van der Waals surface area (Å²) in [6.45, 7) is 3.29. The van der Waals surface area contributed by atoms with Crippen molar-refractivity contribution in [1.82, 2.24) is 0 Å². The molecule has 0 saturated carbocycles. The second kappa shape index (κ2) is 4.96. The normalized spacial score (nSPS) is 10.3. The van der Waals surface area contributed by atoms with Crippen LogP contribution < -0.4 is 10.6 Å². The van der Waals surface area contributed by atoms with Gasteiger partial charge in [0.25, 0.3) is 0 Å². The summed E-state index contributed by atoms with van der Waals surface area (Å²) in [5.74, 6) is -0.191. The fraction of sp³-hybridized carbons (Fsp3) is 0.455. The van der Waals surface area contributed by atoms with Crippen LogP contribution in [0.25, 0.3) is 0 Å². The van der Waals surface area contributed by atoms with Crippen LogP contribution in [0.4, 0.5) is 10.1 Å². The van der Waals surface area contributed by atoms with Crippen LogP contribution in [-0.2, 0) is 6.54 Å². The molecule has 0 bridgehead atoms. The minimum atomic E-state index is -0.191. The van der Waals surface area contributed by atoms with Crippen molar-refractivity contribution in [2.45, 2.75) is 19.9 Å². The lowest BCUT2D eigenvalue weighted by Crippen LogP contribution is -2.21. The molecule has 0 radical (unpaired) electrons. The molecule has 0 fully saturated rings. The van der Waals surface area contributed by atoms with Gasteiger partial charge in [0, 0.05) is 20.1 Å². The van der Waals surface area contributed by atoms with Crippen LogP contribution in [0.2, 0.25) is 0 Å². The Kier molecular flexibility index (Phi) is 3.89. The molecule has 0 atom stereocenters. The first-order valence-electron chi connectivity index (χ1n) is 4.89. The van der Waals surface area contributed by atoms with Crippen molar-refractivity contribution in [3.8, 4) is 0 Å². The van der Waals surface area contributed by atoms with Crippen molar-refractivity contribution in [2.24, 2.45) is 5.73 Å². The summed E-state index contributed by atoms with van der Waals surface area (Å²) in [6.07, 6.45) is 0.995. The summed E-state index contributed by atoms with van der Waals surface area (Å²) in [6, 6.07) is 5.03. The third kappa shape index (κ3) is 2.23. The number of para-hydroxylation sites is 1. The molecule has 0 amide bonds. The number of nitrogens with zero attached hydrogens (tertiary/aromatic N) is 1. The summed E-state index contributed by atoms with van der Waals surface area (Å²) in [4.78, 5) is 1.91. The van der Waals surface area contributed by atoms with Crippen LogP contribution in [-0.4, -0.2) is 13.6 Å². The molecule has 1 aromatic carbocycles. The maximum Gasteiger partial charge on any atom is 0.146 e. The second-order valence-corrected chi connectivity index (χ2v) is 3.37. The van der Waals surface area contributed by atoms with Gasteiger partial charge in [0.1, 0.15) is 5.82 Å². The Hall–Kier alpha value is -1.09. The van der Waals surface area contributed by atoms with E-state index in [1.165, 1.54) is 6.07 Å². The fourth-order valence-electron chi connectivity index (χ4n) is 1.60. The highest BCUT2D eigenvalue weighted by atomic mass is 19.1. The quantitative estimate of drug-likeness (QED) is 0.799. The molecule has 0 aliphatic carbocycles. The van der Waals surface area contributed by atoms with Gasteiger partial charge < -0.3 is 10.6 Å². The zero-order valence-corrected chi connectivity index (χ0v) is 8.76. The number of halogens is 1. The molecule has 0 aliphatic rings. The number of rotatable bonds is 4. The number of hydrogen-bond donors (Lipinski definition) is 1. The SMILES string of the molecule is CCCN(C)c1c(F)cccc1CN. The Morgan fingerprint density at radius 1 is 1.43 bits per heavy atom. The Morgan fingerprint density at radius 3 is 2.71 bits per heavy atom. The lowest BCUT2D eigenvalue weighted by Gasteiger charge is -2.21. The van der Waals surface area contributed by atoms with Gasteiger partial charge in [-0.25, -0.2) is 4.39 Å².